The summed E-state index contributed by atoms with van der Waals surface area (Å²) in [5, 5.41) is 3.29. The number of hydrogen-bond acceptors (Lipinski definition) is 3. The lowest BCUT2D eigenvalue weighted by molar-refractivity contribution is 0.394. The molecule has 2 aromatic rings. The van der Waals surface area contributed by atoms with E-state index in [1.54, 1.807) is 14.2 Å². The van der Waals surface area contributed by atoms with E-state index in [2.05, 4.69) is 30.4 Å². The van der Waals surface area contributed by atoms with Crippen LogP contribution in [0.25, 0.3) is 11.1 Å². The summed E-state index contributed by atoms with van der Waals surface area (Å²) < 4.78 is 10.7. The van der Waals surface area contributed by atoms with E-state index >= 15 is 0 Å². The van der Waals surface area contributed by atoms with E-state index in [4.69, 9.17) is 9.47 Å². The van der Waals surface area contributed by atoms with E-state index in [1.807, 2.05) is 31.3 Å². The molecule has 0 aliphatic rings. The second kappa shape index (κ2) is 6.44. The highest BCUT2D eigenvalue weighted by molar-refractivity contribution is 5.71. The van der Waals surface area contributed by atoms with E-state index in [9.17, 15) is 0 Å². The maximum Gasteiger partial charge on any atom is 0.123 e. The van der Waals surface area contributed by atoms with Crippen LogP contribution in [0.15, 0.2) is 42.5 Å². The average molecular weight is 271 g/mol. The van der Waals surface area contributed by atoms with Gasteiger partial charge in [-0.3, -0.25) is 0 Å². The first-order chi connectivity index (χ1) is 9.69. The summed E-state index contributed by atoms with van der Waals surface area (Å²) in [4.78, 5) is 0. The summed E-state index contributed by atoms with van der Waals surface area (Å²) in [6, 6.07) is 14.6. The summed E-state index contributed by atoms with van der Waals surface area (Å²) in [7, 11) is 5.30. The number of nitrogens with one attached hydrogen (secondary N) is 1. The fourth-order valence-corrected chi connectivity index (χ4v) is 2.26. The topological polar surface area (TPSA) is 30.5 Å². The number of hydrogen-bond donors (Lipinski definition) is 1. The van der Waals surface area contributed by atoms with E-state index in [-0.39, 0.29) is 6.04 Å². The van der Waals surface area contributed by atoms with E-state index in [1.165, 1.54) is 11.1 Å². The van der Waals surface area contributed by atoms with Gasteiger partial charge in [0.2, 0.25) is 0 Å². The van der Waals surface area contributed by atoms with Gasteiger partial charge in [-0.2, -0.15) is 0 Å². The van der Waals surface area contributed by atoms with Gasteiger partial charge < -0.3 is 14.8 Å². The molecule has 1 atom stereocenters. The van der Waals surface area contributed by atoms with Crippen LogP contribution in [0.4, 0.5) is 0 Å². The molecule has 0 radical (unpaired) electrons. The van der Waals surface area contributed by atoms with Crippen LogP contribution in [0, 0.1) is 0 Å². The summed E-state index contributed by atoms with van der Waals surface area (Å²) in [5.41, 5.74) is 3.54. The minimum absolute atomic E-state index is 0.281. The van der Waals surface area contributed by atoms with Gasteiger partial charge in [0.15, 0.2) is 0 Å². The van der Waals surface area contributed by atoms with Gasteiger partial charge in [-0.15, -0.1) is 0 Å². The standard InChI is InChI=1S/C17H21NO2/c1-12(18-2)16-7-5-6-8-17(16)13-9-14(19-3)11-15(10-13)20-4/h5-12,18H,1-4H3. The predicted octanol–water partition coefficient (Wildman–Crippen LogP) is 3.65. The second-order valence-corrected chi connectivity index (χ2v) is 4.70. The van der Waals surface area contributed by atoms with Gasteiger partial charge in [-0.05, 0) is 42.8 Å². The Balaban J connectivity index is 2.56. The van der Waals surface area contributed by atoms with Gasteiger partial charge in [-0.1, -0.05) is 24.3 Å². The van der Waals surface area contributed by atoms with Crippen LogP contribution in [-0.4, -0.2) is 21.3 Å². The fourth-order valence-electron chi connectivity index (χ4n) is 2.26. The van der Waals surface area contributed by atoms with Crippen molar-refractivity contribution in [2.45, 2.75) is 13.0 Å². The van der Waals surface area contributed by atoms with Gasteiger partial charge >= 0.3 is 0 Å². The quantitative estimate of drug-likeness (QED) is 0.900. The normalized spacial score (nSPS) is 12.0. The van der Waals surface area contributed by atoms with Crippen molar-refractivity contribution in [2.24, 2.45) is 0 Å². The Morgan fingerprint density at radius 2 is 1.55 bits per heavy atom. The molecule has 0 spiro atoms. The molecule has 0 amide bonds. The molecule has 0 saturated carbocycles. The van der Waals surface area contributed by atoms with Gasteiger partial charge in [-0.25, -0.2) is 0 Å². The lowest BCUT2D eigenvalue weighted by Gasteiger charge is -2.17. The molecule has 20 heavy (non-hydrogen) atoms. The smallest absolute Gasteiger partial charge is 0.123 e. The van der Waals surface area contributed by atoms with Crippen LogP contribution in [0.5, 0.6) is 11.5 Å². The molecule has 2 rings (SSSR count). The zero-order chi connectivity index (χ0) is 14.5. The second-order valence-electron chi connectivity index (χ2n) is 4.70. The Hall–Kier alpha value is -2.00. The first kappa shape index (κ1) is 14.4. The SMILES string of the molecule is CNC(C)c1ccccc1-c1cc(OC)cc(OC)c1. The van der Waals surface area contributed by atoms with Crippen molar-refractivity contribution in [1.82, 2.24) is 5.32 Å². The third-order valence-corrected chi connectivity index (χ3v) is 3.52. The molecule has 0 saturated heterocycles. The maximum absolute atomic E-state index is 5.35. The third-order valence-electron chi connectivity index (χ3n) is 3.52. The van der Waals surface area contributed by atoms with Crippen LogP contribution >= 0.6 is 0 Å². The monoisotopic (exact) mass is 271 g/mol. The third kappa shape index (κ3) is 2.94. The highest BCUT2D eigenvalue weighted by Gasteiger charge is 2.11. The molecule has 106 valence electrons. The molecular formula is C17H21NO2. The molecule has 0 fully saturated rings. The van der Waals surface area contributed by atoms with E-state index in [0.717, 1.165) is 17.1 Å². The van der Waals surface area contributed by atoms with Gasteiger partial charge in [0, 0.05) is 12.1 Å². The Kier molecular flexibility index (Phi) is 4.64. The van der Waals surface area contributed by atoms with Crippen molar-refractivity contribution in [3.8, 4) is 22.6 Å². The highest BCUT2D eigenvalue weighted by atomic mass is 16.5. The van der Waals surface area contributed by atoms with Crippen molar-refractivity contribution in [2.75, 3.05) is 21.3 Å². The number of benzene rings is 2. The Bertz CT molecular complexity index is 559. The highest BCUT2D eigenvalue weighted by Crippen LogP contribution is 2.33. The van der Waals surface area contributed by atoms with Crippen LogP contribution in [0.3, 0.4) is 0 Å². The minimum atomic E-state index is 0.281. The van der Waals surface area contributed by atoms with Crippen LogP contribution in [0.1, 0.15) is 18.5 Å². The molecule has 0 bridgehead atoms. The molecule has 3 nitrogen and oxygen atoms in total. The number of rotatable bonds is 5. The van der Waals surface area contributed by atoms with Gasteiger partial charge in [0.25, 0.3) is 0 Å². The molecule has 1 unspecified atom stereocenters. The zero-order valence-corrected chi connectivity index (χ0v) is 12.4. The summed E-state index contributed by atoms with van der Waals surface area (Å²) in [6.45, 7) is 2.15. The Labute approximate surface area is 120 Å². The lowest BCUT2D eigenvalue weighted by atomic mass is 9.95. The summed E-state index contributed by atoms with van der Waals surface area (Å²) in [5.74, 6) is 1.59. The largest absolute Gasteiger partial charge is 0.497 e. The molecule has 0 aliphatic carbocycles. The number of methoxy groups -OCH3 is 2. The Morgan fingerprint density at radius 1 is 0.950 bits per heavy atom. The molecule has 2 aromatic carbocycles. The first-order valence-electron chi connectivity index (χ1n) is 6.69. The molecule has 0 heterocycles. The van der Waals surface area contributed by atoms with Gasteiger partial charge in [0.05, 0.1) is 14.2 Å². The molecule has 0 aliphatic heterocycles. The first-order valence-corrected chi connectivity index (χ1v) is 6.69. The van der Waals surface area contributed by atoms with Crippen LogP contribution in [-0.2, 0) is 0 Å². The Morgan fingerprint density at radius 3 is 2.10 bits per heavy atom. The predicted molar refractivity (Wildman–Crippen MR) is 82.5 cm³/mol. The molecule has 0 aromatic heterocycles. The van der Waals surface area contributed by atoms with E-state index < -0.39 is 0 Å². The van der Waals surface area contributed by atoms with Crippen molar-refractivity contribution < 1.29 is 9.47 Å². The van der Waals surface area contributed by atoms with Crippen molar-refractivity contribution in [3.05, 3.63) is 48.0 Å². The summed E-state index contributed by atoms with van der Waals surface area (Å²) in [6.07, 6.45) is 0. The van der Waals surface area contributed by atoms with Gasteiger partial charge in [0.1, 0.15) is 11.5 Å². The zero-order valence-electron chi connectivity index (χ0n) is 12.4. The minimum Gasteiger partial charge on any atom is -0.497 e. The van der Waals surface area contributed by atoms with Crippen molar-refractivity contribution >= 4 is 0 Å². The van der Waals surface area contributed by atoms with E-state index in [0.29, 0.717) is 0 Å². The van der Waals surface area contributed by atoms with Crippen LogP contribution in [0.2, 0.25) is 0 Å². The fraction of sp³-hybridized carbons (Fsp3) is 0.294. The summed E-state index contributed by atoms with van der Waals surface area (Å²) >= 11 is 0. The molecule has 3 heteroatoms. The number of ether oxygens (including phenoxy) is 2. The van der Waals surface area contributed by atoms with Crippen molar-refractivity contribution in [3.63, 3.8) is 0 Å². The lowest BCUT2D eigenvalue weighted by Crippen LogP contribution is -2.13. The average Bonchev–Trinajstić information content (AvgIpc) is 2.53. The molecule has 1 N–H and O–H groups in total. The maximum atomic E-state index is 5.35. The molecular weight excluding hydrogens is 250 g/mol. The van der Waals surface area contributed by atoms with Crippen molar-refractivity contribution in [1.29, 1.82) is 0 Å². The van der Waals surface area contributed by atoms with Crippen LogP contribution < -0.4 is 14.8 Å².